The van der Waals surface area contributed by atoms with Gasteiger partial charge in [0.2, 0.25) is 0 Å². The smallest absolute Gasteiger partial charge is 0.187 e. The summed E-state index contributed by atoms with van der Waals surface area (Å²) in [5.74, 6) is 0. The lowest BCUT2D eigenvalue weighted by Crippen LogP contribution is -2.29. The number of hydrogen-bond donors (Lipinski definition) is 0. The first kappa shape index (κ1) is 39.6. The first-order valence-corrected chi connectivity index (χ1v) is 22.7. The Morgan fingerprint density at radius 3 is 1.39 bits per heavy atom. The summed E-state index contributed by atoms with van der Waals surface area (Å²) in [5.41, 5.74) is 19.5. The fourth-order valence-electron chi connectivity index (χ4n) is 11.2. The minimum atomic E-state index is -0.703. The lowest BCUT2D eigenvalue weighted by molar-refractivity contribution is 0.768. The van der Waals surface area contributed by atoms with Gasteiger partial charge >= 0.3 is 0 Å². The predicted octanol–water partition coefficient (Wildman–Crippen LogP) is 16.0. The molecular weight excluding hydrogens is 811 g/mol. The van der Waals surface area contributed by atoms with Crippen LogP contribution in [0.15, 0.2) is 249 Å². The molecule has 0 amide bonds. The number of nitriles is 1. The molecule has 0 saturated heterocycles. The van der Waals surface area contributed by atoms with E-state index in [0.717, 1.165) is 56.0 Å². The van der Waals surface area contributed by atoms with E-state index >= 15 is 0 Å². The second-order valence-corrected chi connectivity index (χ2v) is 17.4. The van der Waals surface area contributed by atoms with E-state index in [0.29, 0.717) is 11.3 Å². The summed E-state index contributed by atoms with van der Waals surface area (Å²) in [6, 6.07) is 91.4. The topological polar surface area (TPSA) is 31.4 Å². The molecule has 10 aromatic carbocycles. The second kappa shape index (κ2) is 15.9. The van der Waals surface area contributed by atoms with Crippen molar-refractivity contribution >= 4 is 22.7 Å². The third-order valence-corrected chi connectivity index (χ3v) is 14.1. The molecule has 0 saturated carbocycles. The van der Waals surface area contributed by atoms with Crippen LogP contribution in [0, 0.1) is 17.9 Å². The van der Waals surface area contributed by atoms with Gasteiger partial charge in [0.05, 0.1) is 29.0 Å². The highest BCUT2D eigenvalue weighted by Gasteiger charge is 2.48. The maximum Gasteiger partial charge on any atom is 0.187 e. The molecule has 0 aromatic heterocycles. The Kier molecular flexibility index (Phi) is 9.39. The highest BCUT2D eigenvalue weighted by atomic mass is 15.1. The van der Waals surface area contributed by atoms with Crippen LogP contribution in [0.25, 0.3) is 38.2 Å². The standard InChI is InChI=1S/C64H41N3/c1-66-51-33-31-50(32-34-51)63(49-29-25-44(43-65)26-30-49)60-24-14-12-22-56(60)58-41-53(38-40-61(58)63)67(52-35-27-46(28-36-52)45-15-5-2-6-16-45)54-37-39-57-55-21-11-13-23-59(55)64(62(57)42-54,47-17-7-3-8-18-47)48-19-9-4-10-20-48/h2-42H. The van der Waals surface area contributed by atoms with Crippen LogP contribution in [0.1, 0.15) is 50.1 Å². The molecule has 2 aliphatic rings. The molecule has 3 heteroatoms. The van der Waals surface area contributed by atoms with Gasteiger partial charge in [0.25, 0.3) is 0 Å². The van der Waals surface area contributed by atoms with E-state index in [-0.39, 0.29) is 0 Å². The van der Waals surface area contributed by atoms with E-state index in [1.165, 1.54) is 38.9 Å². The molecule has 2 aliphatic carbocycles. The van der Waals surface area contributed by atoms with Gasteiger partial charge in [-0.1, -0.05) is 200 Å². The summed E-state index contributed by atoms with van der Waals surface area (Å²) >= 11 is 0. The van der Waals surface area contributed by atoms with Crippen molar-refractivity contribution in [2.75, 3.05) is 4.90 Å². The summed E-state index contributed by atoms with van der Waals surface area (Å²) in [6.45, 7) is 7.75. The van der Waals surface area contributed by atoms with Crippen molar-refractivity contribution < 1.29 is 0 Å². The maximum absolute atomic E-state index is 9.85. The molecule has 3 nitrogen and oxygen atoms in total. The normalized spacial score (nSPS) is 14.7. The molecule has 0 aliphatic heterocycles. The Labute approximate surface area is 391 Å². The van der Waals surface area contributed by atoms with Gasteiger partial charge in [-0.15, -0.1) is 0 Å². The van der Waals surface area contributed by atoms with Crippen molar-refractivity contribution in [3.8, 4) is 39.4 Å². The molecule has 0 radical (unpaired) electrons. The van der Waals surface area contributed by atoms with Crippen molar-refractivity contribution in [3.63, 3.8) is 0 Å². The zero-order chi connectivity index (χ0) is 45.0. The third-order valence-electron chi connectivity index (χ3n) is 14.1. The largest absolute Gasteiger partial charge is 0.310 e. The predicted molar refractivity (Wildman–Crippen MR) is 272 cm³/mol. The van der Waals surface area contributed by atoms with Crippen LogP contribution in [0.2, 0.25) is 0 Å². The molecule has 0 bridgehead atoms. The number of hydrogen-bond acceptors (Lipinski definition) is 2. The Morgan fingerprint density at radius 2 is 0.791 bits per heavy atom. The van der Waals surface area contributed by atoms with Gasteiger partial charge in [-0.2, -0.15) is 5.26 Å². The third kappa shape index (κ3) is 6.03. The van der Waals surface area contributed by atoms with Crippen molar-refractivity contribution in [2.45, 2.75) is 10.8 Å². The Balaban J connectivity index is 1.11. The van der Waals surface area contributed by atoms with E-state index < -0.39 is 10.8 Å². The minimum Gasteiger partial charge on any atom is -0.310 e. The van der Waals surface area contributed by atoms with Crippen LogP contribution in [0.3, 0.4) is 0 Å². The van der Waals surface area contributed by atoms with Crippen molar-refractivity contribution in [1.29, 1.82) is 5.26 Å². The van der Waals surface area contributed by atoms with Gasteiger partial charge < -0.3 is 4.90 Å². The lowest BCUT2D eigenvalue weighted by Gasteiger charge is -2.35. The van der Waals surface area contributed by atoms with E-state index in [9.17, 15) is 5.26 Å². The summed E-state index contributed by atoms with van der Waals surface area (Å²) in [6.07, 6.45) is 0. The fraction of sp³-hybridized carbons (Fsp3) is 0.0312. The molecular formula is C64H41N3. The zero-order valence-electron chi connectivity index (χ0n) is 36.5. The molecule has 10 aromatic rings. The van der Waals surface area contributed by atoms with Crippen molar-refractivity contribution in [1.82, 2.24) is 0 Å². The van der Waals surface area contributed by atoms with E-state index in [4.69, 9.17) is 6.57 Å². The van der Waals surface area contributed by atoms with E-state index in [1.807, 2.05) is 24.3 Å². The molecule has 1 unspecified atom stereocenters. The van der Waals surface area contributed by atoms with E-state index in [1.54, 1.807) is 0 Å². The van der Waals surface area contributed by atoms with Gasteiger partial charge in [0, 0.05) is 17.1 Å². The number of rotatable bonds is 8. The zero-order valence-corrected chi connectivity index (χ0v) is 36.5. The first-order chi connectivity index (χ1) is 33.1. The van der Waals surface area contributed by atoms with Crippen LogP contribution < -0.4 is 4.90 Å². The number of fused-ring (bicyclic) bond motifs is 6. The maximum atomic E-state index is 9.85. The lowest BCUT2D eigenvalue weighted by atomic mass is 9.67. The SMILES string of the molecule is [C-]#[N+]c1ccc(C2(c3ccc(C#N)cc3)c3ccccc3-c3cc(N(c4ccc(-c5ccccc5)cc4)c4ccc5c(c4)C(c4ccccc4)(c4ccccc4)c4ccccc4-5)ccc32)cc1. The second-order valence-electron chi connectivity index (χ2n) is 17.4. The molecule has 1 atom stereocenters. The Hall–Kier alpha value is -9.02. The highest BCUT2D eigenvalue weighted by Crippen LogP contribution is 2.59. The van der Waals surface area contributed by atoms with Gasteiger partial charge in [-0.05, 0) is 126 Å². The molecule has 0 heterocycles. The van der Waals surface area contributed by atoms with Crippen LogP contribution in [0.5, 0.6) is 0 Å². The van der Waals surface area contributed by atoms with Crippen molar-refractivity contribution in [2.24, 2.45) is 0 Å². The van der Waals surface area contributed by atoms with Crippen LogP contribution in [0.4, 0.5) is 22.7 Å². The fourth-order valence-corrected chi connectivity index (χ4v) is 11.2. The van der Waals surface area contributed by atoms with Gasteiger partial charge in [-0.3, -0.25) is 0 Å². The van der Waals surface area contributed by atoms with Gasteiger partial charge in [0.15, 0.2) is 5.69 Å². The van der Waals surface area contributed by atoms with Gasteiger partial charge in [-0.25, -0.2) is 4.85 Å². The Bertz CT molecular complexity index is 3470. The minimum absolute atomic E-state index is 0.562. The highest BCUT2D eigenvalue weighted by molar-refractivity contribution is 5.93. The van der Waals surface area contributed by atoms with Crippen molar-refractivity contribution in [3.05, 3.63) is 310 Å². The molecule has 312 valence electrons. The average Bonchev–Trinajstić information content (AvgIpc) is 3.87. The summed E-state index contributed by atoms with van der Waals surface area (Å²) in [7, 11) is 0. The molecule has 12 rings (SSSR count). The van der Waals surface area contributed by atoms with Gasteiger partial charge in [0.1, 0.15) is 0 Å². The molecule has 0 N–H and O–H groups in total. The summed E-state index contributed by atoms with van der Waals surface area (Å²) < 4.78 is 0. The Morgan fingerprint density at radius 1 is 0.358 bits per heavy atom. The molecule has 0 fully saturated rings. The average molecular weight is 852 g/mol. The quantitative estimate of drug-likeness (QED) is 0.143. The summed E-state index contributed by atoms with van der Waals surface area (Å²) in [5, 5.41) is 9.85. The van der Waals surface area contributed by atoms with Crippen LogP contribution in [-0.4, -0.2) is 0 Å². The van der Waals surface area contributed by atoms with Crippen LogP contribution >= 0.6 is 0 Å². The van der Waals surface area contributed by atoms with Crippen LogP contribution in [-0.2, 0) is 10.8 Å². The first-order valence-electron chi connectivity index (χ1n) is 22.7. The number of benzene rings is 10. The number of nitrogens with zero attached hydrogens (tertiary/aromatic N) is 3. The number of anilines is 3. The molecule has 0 spiro atoms. The monoisotopic (exact) mass is 851 g/mol. The van der Waals surface area contributed by atoms with E-state index in [2.05, 4.69) is 240 Å². The molecule has 67 heavy (non-hydrogen) atoms. The summed E-state index contributed by atoms with van der Waals surface area (Å²) in [4.78, 5) is 6.15.